The zero-order valence-corrected chi connectivity index (χ0v) is 35.5. The average Bonchev–Trinajstić information content (AvgIpc) is 3.72. The normalized spacial score (nSPS) is 14.1. The zero-order valence-electron chi connectivity index (χ0n) is 33.1. The van der Waals surface area contributed by atoms with Gasteiger partial charge in [-0.05, 0) is 84.5 Å². The molecule has 8 aromatic carbocycles. The summed E-state index contributed by atoms with van der Waals surface area (Å²) in [5.74, 6) is -4.90. The molecule has 61 heavy (non-hydrogen) atoms. The van der Waals surface area contributed by atoms with Crippen molar-refractivity contribution in [1.82, 2.24) is 4.98 Å². The maximum absolute atomic E-state index is 13.3. The molecule has 0 atom stereocenters. The molecule has 0 bridgehead atoms. The summed E-state index contributed by atoms with van der Waals surface area (Å²) in [7, 11) is 1.81. The quantitative estimate of drug-likeness (QED) is 0.0999. The van der Waals surface area contributed by atoms with Crippen molar-refractivity contribution in [1.29, 1.82) is 0 Å². The summed E-state index contributed by atoms with van der Waals surface area (Å²) in [6.45, 7) is 6.43. The van der Waals surface area contributed by atoms with Gasteiger partial charge in [0, 0.05) is 17.6 Å². The van der Waals surface area contributed by atoms with Crippen molar-refractivity contribution >= 4 is 60.2 Å². The Kier molecular flexibility index (Phi) is 9.76. The van der Waals surface area contributed by atoms with Gasteiger partial charge in [0.15, 0.2) is 0 Å². The second kappa shape index (κ2) is 14.8. The zero-order chi connectivity index (χ0) is 41.6. The molecule has 1 aliphatic carbocycles. The second-order valence-corrected chi connectivity index (χ2v) is 15.8. The third kappa shape index (κ3) is 6.45. The Bertz CT molecular complexity index is 3120. The first kappa shape index (κ1) is 40.3. The third-order valence-corrected chi connectivity index (χ3v) is 11.9. The van der Waals surface area contributed by atoms with Crippen LogP contribution < -0.4 is 9.80 Å². The van der Waals surface area contributed by atoms with Crippen LogP contribution in [0.15, 0.2) is 152 Å². The minimum atomic E-state index is -5.63. The van der Waals surface area contributed by atoms with Crippen LogP contribution >= 0.6 is 0 Å². The number of nitrogens with zero attached hydrogens (tertiary/aromatic N) is 3. The van der Waals surface area contributed by atoms with Crippen LogP contribution in [0.3, 0.4) is 0 Å². The Morgan fingerprint density at radius 3 is 1.90 bits per heavy atom. The van der Waals surface area contributed by atoms with Gasteiger partial charge in [-0.25, -0.2) is 8.78 Å². The maximum atomic E-state index is 13.3. The van der Waals surface area contributed by atoms with E-state index in [2.05, 4.69) is 129 Å². The number of hydrogen-bond donors (Lipinski definition) is 0. The molecule has 2 heterocycles. The molecular weight excluding hydrogens is 954 g/mol. The molecule has 1 aliphatic heterocycles. The Morgan fingerprint density at radius 2 is 1.23 bits per heavy atom. The largest absolute Gasteiger partial charge is 3.00 e. The van der Waals surface area contributed by atoms with Gasteiger partial charge >= 0.3 is 32.2 Å². The predicted molar refractivity (Wildman–Crippen MR) is 233 cm³/mol. The predicted octanol–water partition coefficient (Wildman–Crippen LogP) is 14.3. The van der Waals surface area contributed by atoms with Crippen molar-refractivity contribution in [2.24, 2.45) is 0 Å². The minimum absolute atomic E-state index is 0. The number of alkyl halides is 5. The topological polar surface area (TPSA) is 19.4 Å². The second-order valence-electron chi connectivity index (χ2n) is 15.8. The third-order valence-electron chi connectivity index (χ3n) is 11.9. The number of rotatable bonds is 3. The van der Waals surface area contributed by atoms with E-state index < -0.39 is 17.7 Å². The van der Waals surface area contributed by atoms with Crippen LogP contribution in [-0.2, 0) is 31.4 Å². The van der Waals surface area contributed by atoms with E-state index in [4.69, 9.17) is 4.98 Å². The molecule has 302 valence electrons. The van der Waals surface area contributed by atoms with Crippen molar-refractivity contribution in [3.63, 3.8) is 0 Å². The number of para-hydroxylation sites is 2. The molecule has 0 spiro atoms. The first-order chi connectivity index (χ1) is 28.8. The molecule has 11 rings (SSSR count). The van der Waals surface area contributed by atoms with Crippen molar-refractivity contribution in [3.05, 3.63) is 187 Å². The van der Waals surface area contributed by atoms with E-state index in [1.807, 2.05) is 42.4 Å². The summed E-state index contributed by atoms with van der Waals surface area (Å²) in [5, 5.41) is 10.3. The van der Waals surface area contributed by atoms with Crippen LogP contribution in [0.5, 0.6) is 0 Å². The van der Waals surface area contributed by atoms with Crippen LogP contribution in [-0.4, -0.2) is 18.2 Å². The molecule has 9 aromatic rings. The fraction of sp³-hybridized carbons (Fsp3) is 0.115. The molecule has 0 saturated carbocycles. The van der Waals surface area contributed by atoms with Gasteiger partial charge in [0.05, 0.1) is 0 Å². The Labute approximate surface area is 363 Å². The minimum Gasteiger partial charge on any atom is -0.504 e. The number of pyridine rings is 1. The number of fused-ring (bicyclic) bond motifs is 12. The van der Waals surface area contributed by atoms with Crippen LogP contribution in [0.25, 0.3) is 65.5 Å². The van der Waals surface area contributed by atoms with Crippen molar-refractivity contribution in [3.8, 4) is 22.4 Å². The molecule has 0 fully saturated rings. The summed E-state index contributed by atoms with van der Waals surface area (Å²) in [4.78, 5) is 8.28. The smallest absolute Gasteiger partial charge is 0.504 e. The molecule has 9 heteroatoms. The summed E-state index contributed by atoms with van der Waals surface area (Å²) < 4.78 is 63.7. The van der Waals surface area contributed by atoms with Crippen molar-refractivity contribution in [2.75, 3.05) is 16.8 Å². The first-order valence-electron chi connectivity index (χ1n) is 19.5. The number of aromatic nitrogens is 1. The maximum Gasteiger partial charge on any atom is 3.00 e. The van der Waals surface area contributed by atoms with E-state index >= 15 is 0 Å². The molecule has 0 unspecified atom stereocenters. The SMILES string of the molecule is CC1(C)c2c[c-]c(-c3cc4ccccc4cn3)cc2-c2ccc3c4ccccc4c4ccccc4c3c21.CN1[CH-]N(c2[c-]cc(C(F)(F)C(F)(F)F)cc2)c2ccccc21.[Ir+3]. The van der Waals surface area contributed by atoms with Gasteiger partial charge in [0.1, 0.15) is 0 Å². The summed E-state index contributed by atoms with van der Waals surface area (Å²) >= 11 is 0. The van der Waals surface area contributed by atoms with E-state index in [1.165, 1.54) is 66.0 Å². The molecule has 3 nitrogen and oxygen atoms in total. The van der Waals surface area contributed by atoms with E-state index in [-0.39, 0.29) is 25.5 Å². The van der Waals surface area contributed by atoms with Crippen molar-refractivity contribution in [2.45, 2.75) is 31.4 Å². The van der Waals surface area contributed by atoms with Gasteiger partial charge in [-0.3, -0.25) is 0 Å². The van der Waals surface area contributed by atoms with Gasteiger partial charge in [0.2, 0.25) is 0 Å². The fourth-order valence-electron chi connectivity index (χ4n) is 9.00. The van der Waals surface area contributed by atoms with Gasteiger partial charge in [0.25, 0.3) is 0 Å². The average molecular weight is 989 g/mol. The molecule has 2 aliphatic rings. The molecule has 0 amide bonds. The van der Waals surface area contributed by atoms with Gasteiger partial charge < -0.3 is 14.8 Å². The van der Waals surface area contributed by atoms with Crippen molar-refractivity contribution < 1.29 is 42.1 Å². The van der Waals surface area contributed by atoms with Gasteiger partial charge in [-0.2, -0.15) is 38.0 Å². The number of anilines is 3. The van der Waals surface area contributed by atoms with Crippen LogP contribution in [0.2, 0.25) is 0 Å². The van der Waals surface area contributed by atoms with Gasteiger partial charge in [-0.15, -0.1) is 41.1 Å². The molecular formula is C52H35F5IrN3. The number of halogens is 5. The first-order valence-corrected chi connectivity index (χ1v) is 19.5. The van der Waals surface area contributed by atoms with Crippen LogP contribution in [0.1, 0.15) is 30.5 Å². The summed E-state index contributed by atoms with van der Waals surface area (Å²) in [6, 6.07) is 53.5. The van der Waals surface area contributed by atoms with Crippen LogP contribution in [0.4, 0.5) is 39.0 Å². The van der Waals surface area contributed by atoms with E-state index in [1.54, 1.807) is 11.6 Å². The Hall–Kier alpha value is -6.15. The Balaban J connectivity index is 0.000000172. The standard InChI is InChI=1S/C36H24N.C16H11F5N2.Ir/c1-36(2)32-18-15-23(33-20-22-9-3-4-10-24(22)21-37-33)19-31(32)30-17-16-29-27-13-6-5-11-25(27)26-12-7-8-14-28(26)34(29)35(30)36;1-22-10-23(14-5-3-2-4-13(14)22)12-8-6-11(7-9-12)15(17,18)16(19,20)21;/h3-14,16-21H,1-2H3;2-8,10H,1H3;/q-1;-2;+3. The van der Waals surface area contributed by atoms with E-state index in [0.717, 1.165) is 34.1 Å². The van der Waals surface area contributed by atoms with Gasteiger partial charge in [-0.1, -0.05) is 128 Å². The molecule has 0 radical (unpaired) electrons. The Morgan fingerprint density at radius 1 is 0.623 bits per heavy atom. The van der Waals surface area contributed by atoms with E-state index in [9.17, 15) is 22.0 Å². The molecule has 1 aromatic heterocycles. The molecule has 0 saturated heterocycles. The number of hydrogen-bond acceptors (Lipinski definition) is 3. The summed E-state index contributed by atoms with van der Waals surface area (Å²) in [6.07, 6.45) is -3.66. The van der Waals surface area contributed by atoms with E-state index in [0.29, 0.717) is 11.8 Å². The van der Waals surface area contributed by atoms with Crippen LogP contribution in [0, 0.1) is 18.8 Å². The fourth-order valence-corrected chi connectivity index (χ4v) is 9.00. The summed E-state index contributed by atoms with van der Waals surface area (Å²) in [5.41, 5.74) is 8.16. The molecule has 0 N–H and O–H groups in total. The number of benzene rings is 8. The monoisotopic (exact) mass is 989 g/mol.